The molecule has 2 aliphatic rings. The van der Waals surface area contributed by atoms with Gasteiger partial charge < -0.3 is 10.1 Å². The van der Waals surface area contributed by atoms with Gasteiger partial charge in [0.25, 0.3) is 0 Å². The molecular weight excluding hydrogens is 246 g/mol. The Hall–Kier alpha value is -0.0800. The van der Waals surface area contributed by atoms with Gasteiger partial charge in [0, 0.05) is 12.1 Å². The Morgan fingerprint density at radius 3 is 1.70 bits per heavy atom. The van der Waals surface area contributed by atoms with Crippen LogP contribution >= 0.6 is 0 Å². The Labute approximate surface area is 126 Å². The van der Waals surface area contributed by atoms with Crippen molar-refractivity contribution in [3.05, 3.63) is 0 Å². The summed E-state index contributed by atoms with van der Waals surface area (Å²) in [5, 5.41) is 3.95. The van der Waals surface area contributed by atoms with Gasteiger partial charge in [-0.3, -0.25) is 0 Å². The first kappa shape index (κ1) is 16.3. The van der Waals surface area contributed by atoms with Crippen LogP contribution in [0.2, 0.25) is 0 Å². The molecule has 0 aromatic carbocycles. The normalized spacial score (nSPS) is 35.1. The summed E-state index contributed by atoms with van der Waals surface area (Å²) >= 11 is 0. The first-order valence-corrected chi connectivity index (χ1v) is 8.27. The van der Waals surface area contributed by atoms with E-state index in [0.29, 0.717) is 22.9 Å². The predicted octanol–water partition coefficient (Wildman–Crippen LogP) is 4.53. The van der Waals surface area contributed by atoms with Crippen LogP contribution in [0.5, 0.6) is 0 Å². The third-order valence-electron chi connectivity index (χ3n) is 5.07. The minimum absolute atomic E-state index is 0.000862. The molecular formula is C18H35NO. The summed E-state index contributed by atoms with van der Waals surface area (Å²) in [6, 6.07) is 1.09. The van der Waals surface area contributed by atoms with E-state index in [0.717, 1.165) is 6.42 Å². The summed E-state index contributed by atoms with van der Waals surface area (Å²) < 4.78 is 6.23. The zero-order chi connectivity index (χ0) is 15.4. The standard InChI is InChI=1S/C18H35NO/c1-15(2)9-13(10-16(3,4)12-15)19-14-11-17(5,6)20-18(14,7)8/h13-14,19H,9-12H2,1-8H3. The predicted molar refractivity (Wildman–Crippen MR) is 86.0 cm³/mol. The van der Waals surface area contributed by atoms with E-state index >= 15 is 0 Å². The van der Waals surface area contributed by atoms with Gasteiger partial charge in [-0.05, 0) is 64.2 Å². The summed E-state index contributed by atoms with van der Waals surface area (Å²) in [4.78, 5) is 0. The molecule has 2 nitrogen and oxygen atoms in total. The SMILES string of the molecule is CC1(C)CC(NC2CC(C)(C)OC2(C)C)CC(C)(C)C1. The van der Waals surface area contributed by atoms with E-state index in [1.807, 2.05) is 0 Å². The molecule has 2 heteroatoms. The Kier molecular flexibility index (Phi) is 3.84. The van der Waals surface area contributed by atoms with Gasteiger partial charge >= 0.3 is 0 Å². The van der Waals surface area contributed by atoms with E-state index in [1.165, 1.54) is 19.3 Å². The number of ether oxygens (including phenoxy) is 1. The average molecular weight is 281 g/mol. The van der Waals surface area contributed by atoms with Gasteiger partial charge in [-0.2, -0.15) is 0 Å². The summed E-state index contributed by atoms with van der Waals surface area (Å²) in [5.41, 5.74) is 0.827. The quantitative estimate of drug-likeness (QED) is 0.803. The fraction of sp³-hybridized carbons (Fsp3) is 1.00. The number of hydrogen-bond acceptors (Lipinski definition) is 2. The fourth-order valence-corrected chi connectivity index (χ4v) is 5.07. The van der Waals surface area contributed by atoms with Gasteiger partial charge in [0.15, 0.2) is 0 Å². The molecule has 2 rings (SSSR count). The van der Waals surface area contributed by atoms with Crippen molar-refractivity contribution in [1.29, 1.82) is 0 Å². The molecule has 2 fully saturated rings. The lowest BCUT2D eigenvalue weighted by atomic mass is 9.63. The van der Waals surface area contributed by atoms with Crippen molar-refractivity contribution in [3.8, 4) is 0 Å². The van der Waals surface area contributed by atoms with Crippen molar-refractivity contribution in [2.24, 2.45) is 10.8 Å². The highest BCUT2D eigenvalue weighted by Crippen LogP contribution is 2.46. The van der Waals surface area contributed by atoms with E-state index in [9.17, 15) is 0 Å². The van der Waals surface area contributed by atoms with Crippen molar-refractivity contribution in [3.63, 3.8) is 0 Å². The molecule has 1 aliphatic carbocycles. The molecule has 1 aliphatic heterocycles. The number of nitrogens with one attached hydrogen (secondary N) is 1. The highest BCUT2D eigenvalue weighted by molar-refractivity contribution is 5.02. The third-order valence-corrected chi connectivity index (χ3v) is 5.07. The first-order chi connectivity index (χ1) is 8.80. The second kappa shape index (κ2) is 4.71. The van der Waals surface area contributed by atoms with Gasteiger partial charge in [-0.25, -0.2) is 0 Å². The van der Waals surface area contributed by atoms with Crippen LogP contribution in [0.1, 0.15) is 81.1 Å². The van der Waals surface area contributed by atoms with Crippen LogP contribution in [-0.2, 0) is 4.74 Å². The number of hydrogen-bond donors (Lipinski definition) is 1. The monoisotopic (exact) mass is 281 g/mol. The van der Waals surface area contributed by atoms with E-state index in [1.54, 1.807) is 0 Å². The highest BCUT2D eigenvalue weighted by Gasteiger charge is 2.48. The van der Waals surface area contributed by atoms with Gasteiger partial charge in [0.05, 0.1) is 11.2 Å². The maximum absolute atomic E-state index is 6.23. The Morgan fingerprint density at radius 2 is 1.30 bits per heavy atom. The van der Waals surface area contributed by atoms with Gasteiger partial charge in [-0.15, -0.1) is 0 Å². The van der Waals surface area contributed by atoms with E-state index in [2.05, 4.69) is 60.7 Å². The maximum atomic E-state index is 6.23. The second-order valence-electron chi connectivity index (χ2n) is 10.00. The largest absolute Gasteiger partial charge is 0.368 e. The molecule has 0 aromatic heterocycles. The lowest BCUT2D eigenvalue weighted by molar-refractivity contribution is -0.0717. The van der Waals surface area contributed by atoms with Crippen LogP contribution in [0.3, 0.4) is 0 Å². The molecule has 0 amide bonds. The lowest BCUT2D eigenvalue weighted by Crippen LogP contribution is -2.52. The lowest BCUT2D eigenvalue weighted by Gasteiger charge is -2.46. The number of rotatable bonds is 2. The van der Waals surface area contributed by atoms with Crippen molar-refractivity contribution in [2.75, 3.05) is 0 Å². The molecule has 1 saturated heterocycles. The minimum atomic E-state index is -0.0603. The topological polar surface area (TPSA) is 21.3 Å². The fourth-order valence-electron chi connectivity index (χ4n) is 5.07. The van der Waals surface area contributed by atoms with Gasteiger partial charge in [-0.1, -0.05) is 27.7 Å². The molecule has 1 unspecified atom stereocenters. The molecule has 20 heavy (non-hydrogen) atoms. The summed E-state index contributed by atoms with van der Waals surface area (Å²) in [6.07, 6.45) is 5.00. The van der Waals surface area contributed by atoms with E-state index in [4.69, 9.17) is 4.74 Å². The molecule has 1 N–H and O–H groups in total. The van der Waals surface area contributed by atoms with Crippen LogP contribution in [0.4, 0.5) is 0 Å². The third kappa shape index (κ3) is 3.76. The molecule has 118 valence electrons. The molecule has 0 spiro atoms. The molecule has 1 atom stereocenters. The van der Waals surface area contributed by atoms with Crippen LogP contribution in [0.15, 0.2) is 0 Å². The van der Waals surface area contributed by atoms with E-state index < -0.39 is 0 Å². The first-order valence-electron chi connectivity index (χ1n) is 8.27. The summed E-state index contributed by atoms with van der Waals surface area (Å²) in [7, 11) is 0. The van der Waals surface area contributed by atoms with Crippen molar-refractivity contribution >= 4 is 0 Å². The molecule has 1 saturated carbocycles. The Morgan fingerprint density at radius 1 is 0.800 bits per heavy atom. The van der Waals surface area contributed by atoms with Crippen LogP contribution in [0, 0.1) is 10.8 Å². The van der Waals surface area contributed by atoms with E-state index in [-0.39, 0.29) is 11.2 Å². The van der Waals surface area contributed by atoms with Crippen LogP contribution in [-0.4, -0.2) is 23.3 Å². The summed E-state index contributed by atoms with van der Waals surface area (Å²) in [5.74, 6) is 0. The smallest absolute Gasteiger partial charge is 0.0787 e. The molecule has 0 aromatic rings. The van der Waals surface area contributed by atoms with Crippen molar-refractivity contribution < 1.29 is 4.74 Å². The minimum Gasteiger partial charge on any atom is -0.368 e. The average Bonchev–Trinajstić information content (AvgIpc) is 2.27. The van der Waals surface area contributed by atoms with Crippen LogP contribution in [0.25, 0.3) is 0 Å². The van der Waals surface area contributed by atoms with Crippen LogP contribution < -0.4 is 5.32 Å². The zero-order valence-electron chi connectivity index (χ0n) is 14.9. The molecule has 0 bridgehead atoms. The molecule has 1 heterocycles. The van der Waals surface area contributed by atoms with Gasteiger partial charge in [0.1, 0.15) is 0 Å². The van der Waals surface area contributed by atoms with Gasteiger partial charge in [0.2, 0.25) is 0 Å². The second-order valence-corrected chi connectivity index (χ2v) is 10.00. The Bertz CT molecular complexity index is 352. The Balaban J connectivity index is 2.06. The molecule has 0 radical (unpaired) electrons. The van der Waals surface area contributed by atoms with Crippen molar-refractivity contribution in [2.45, 2.75) is 104 Å². The highest BCUT2D eigenvalue weighted by atomic mass is 16.5. The zero-order valence-corrected chi connectivity index (χ0v) is 14.9. The maximum Gasteiger partial charge on any atom is 0.0787 e. The summed E-state index contributed by atoms with van der Waals surface area (Å²) in [6.45, 7) is 18.6. The van der Waals surface area contributed by atoms with Crippen molar-refractivity contribution in [1.82, 2.24) is 5.32 Å².